The molecule has 4 radical (unpaired) electrons. The van der Waals surface area contributed by atoms with E-state index in [4.69, 9.17) is 37.9 Å². The fourth-order valence-electron chi connectivity index (χ4n) is 3.87. The van der Waals surface area contributed by atoms with Gasteiger partial charge in [-0.05, 0) is 48.5 Å². The molecule has 0 aliphatic heterocycles. The van der Waals surface area contributed by atoms with Gasteiger partial charge in [0, 0.05) is 73.8 Å². The van der Waals surface area contributed by atoms with Crippen molar-refractivity contribution in [2.45, 2.75) is 0 Å². The maximum atomic E-state index is 10.5. The number of hydrogen-bond acceptors (Lipinski definition) is 16. The molecule has 0 aliphatic carbocycles. The van der Waals surface area contributed by atoms with Crippen LogP contribution in [0.4, 0.5) is 0 Å². The molecule has 0 aromatic heterocycles. The molecule has 0 atom stereocenters. The van der Waals surface area contributed by atoms with Crippen molar-refractivity contribution in [3.05, 3.63) is 95.1 Å². The van der Waals surface area contributed by atoms with Crippen LogP contribution in [0.5, 0.6) is 46.0 Å². The minimum atomic E-state index is -1.26. The van der Waals surface area contributed by atoms with Crippen LogP contribution >= 0.6 is 0 Å². The quantitative estimate of drug-likeness (QED) is 0.169. The molecule has 0 N–H and O–H groups in total. The summed E-state index contributed by atoms with van der Waals surface area (Å²) >= 11 is 0. The molecule has 284 valence electrons. The van der Waals surface area contributed by atoms with Gasteiger partial charge < -0.3 is 77.5 Å². The van der Waals surface area contributed by atoms with E-state index in [1.165, 1.54) is 130 Å². The summed E-state index contributed by atoms with van der Waals surface area (Å²) < 4.78 is 39.0. The number of carbonyl (C=O) groups excluding carboxylic acids is 4. The summed E-state index contributed by atoms with van der Waals surface area (Å²) in [6.07, 6.45) is 0. The molecule has 0 spiro atoms. The van der Waals surface area contributed by atoms with Gasteiger partial charge in [0.2, 0.25) is 0 Å². The first kappa shape index (κ1) is 47.1. The Hall–Kier alpha value is -5.92. The van der Waals surface area contributed by atoms with Crippen molar-refractivity contribution in [1.82, 2.24) is 0 Å². The van der Waals surface area contributed by atoms with Crippen LogP contribution in [0.15, 0.2) is 72.8 Å². The Morgan fingerprint density at radius 2 is 0.509 bits per heavy atom. The maximum absolute atomic E-state index is 10.5. The van der Waals surface area contributed by atoms with Gasteiger partial charge >= 0.3 is 0 Å². The molecule has 0 saturated carbocycles. The summed E-state index contributed by atoms with van der Waals surface area (Å²) in [6.45, 7) is 0. The van der Waals surface area contributed by atoms with Crippen molar-refractivity contribution < 1.29 is 77.5 Å². The molecule has 53 heavy (non-hydrogen) atoms. The van der Waals surface area contributed by atoms with E-state index in [1.807, 2.05) is 0 Å². The Morgan fingerprint density at radius 1 is 0.340 bits per heavy atom. The van der Waals surface area contributed by atoms with E-state index in [9.17, 15) is 39.6 Å². The Balaban J connectivity index is 0.000000676. The van der Waals surface area contributed by atoms with Crippen molar-refractivity contribution >= 4 is 51.2 Å². The first-order chi connectivity index (χ1) is 24.7. The zero-order chi connectivity index (χ0) is 39.4. The third-order valence-electron chi connectivity index (χ3n) is 6.51. The second-order valence-corrected chi connectivity index (χ2v) is 9.41. The monoisotopic (exact) mass is 932 g/mol. The molecular formula is C36H36O16Pb-4. The van der Waals surface area contributed by atoms with E-state index in [0.717, 1.165) is 0 Å². The van der Waals surface area contributed by atoms with Crippen molar-refractivity contribution in [1.29, 1.82) is 0 Å². The third kappa shape index (κ3) is 14.7. The molecule has 17 heteroatoms. The molecule has 0 saturated heterocycles. The van der Waals surface area contributed by atoms with Crippen molar-refractivity contribution in [3.8, 4) is 46.0 Å². The van der Waals surface area contributed by atoms with Gasteiger partial charge in [-0.3, -0.25) is 0 Å². The fraction of sp³-hybridized carbons (Fsp3) is 0.222. The molecule has 0 bridgehead atoms. The summed E-state index contributed by atoms with van der Waals surface area (Å²) in [6, 6.07) is 17.6. The standard InChI is InChI=1S/4C9H10O4.Pb/c4*1-12-6-3-4-7(9(10)11)8(5-6)13-2;/h4*3-5H,1-2H3,(H,10,11);/p-4. The van der Waals surface area contributed by atoms with Crippen molar-refractivity contribution in [2.24, 2.45) is 0 Å². The number of methoxy groups -OCH3 is 8. The van der Waals surface area contributed by atoms with Gasteiger partial charge in [0.25, 0.3) is 0 Å². The van der Waals surface area contributed by atoms with Crippen LogP contribution in [0.25, 0.3) is 0 Å². The Bertz CT molecular complexity index is 1550. The first-order valence-electron chi connectivity index (χ1n) is 14.5. The minimum Gasteiger partial charge on any atom is -0.545 e. The molecule has 4 aromatic rings. The second-order valence-electron chi connectivity index (χ2n) is 9.41. The second kappa shape index (κ2) is 24.3. The Kier molecular flexibility index (Phi) is 21.6. The van der Waals surface area contributed by atoms with Crippen molar-refractivity contribution in [2.75, 3.05) is 56.9 Å². The normalized spacial score (nSPS) is 9.21. The van der Waals surface area contributed by atoms with Crippen LogP contribution < -0.4 is 58.3 Å². The number of ether oxygens (including phenoxy) is 8. The fourth-order valence-corrected chi connectivity index (χ4v) is 3.87. The van der Waals surface area contributed by atoms with E-state index in [2.05, 4.69) is 0 Å². The SMILES string of the molecule is COc1ccc(C(=O)[O-])c(OC)c1.COc1ccc(C(=O)[O-])c(OC)c1.COc1ccc(C(=O)[O-])c(OC)c1.COc1ccc(C(=O)[O-])c(OC)c1.[Pb]. The number of carboxylic acid groups (broad SMARTS) is 4. The molecule has 4 aromatic carbocycles. The summed E-state index contributed by atoms with van der Waals surface area (Å²) in [5.74, 6) is -1.94. The van der Waals surface area contributed by atoms with Gasteiger partial charge in [-0.2, -0.15) is 0 Å². The third-order valence-corrected chi connectivity index (χ3v) is 6.51. The Morgan fingerprint density at radius 3 is 0.623 bits per heavy atom. The predicted octanol–water partition coefficient (Wildman–Crippen LogP) is -0.112. The molecule has 4 rings (SSSR count). The number of rotatable bonds is 12. The number of aromatic carboxylic acids is 4. The molecule has 0 aliphatic rings. The van der Waals surface area contributed by atoms with E-state index < -0.39 is 23.9 Å². The number of benzene rings is 4. The zero-order valence-corrected chi connectivity index (χ0v) is 33.8. The smallest absolute Gasteiger partial charge is 0.131 e. The molecule has 0 fully saturated rings. The number of carbonyl (C=O) groups is 4. The first-order valence-corrected chi connectivity index (χ1v) is 14.5. The van der Waals surface area contributed by atoms with Gasteiger partial charge in [-0.15, -0.1) is 0 Å². The van der Waals surface area contributed by atoms with E-state index >= 15 is 0 Å². The van der Waals surface area contributed by atoms with Crippen LogP contribution in [-0.2, 0) is 0 Å². The summed E-state index contributed by atoms with van der Waals surface area (Å²) in [7, 11) is 11.5. The summed E-state index contributed by atoms with van der Waals surface area (Å²) in [4.78, 5) is 42.2. The molecule has 0 unspecified atom stereocenters. The van der Waals surface area contributed by atoms with Gasteiger partial charge in [0.15, 0.2) is 0 Å². The van der Waals surface area contributed by atoms with Crippen LogP contribution in [0.1, 0.15) is 41.4 Å². The molecule has 0 heterocycles. The van der Waals surface area contributed by atoms with E-state index in [0.29, 0.717) is 23.0 Å². The van der Waals surface area contributed by atoms with E-state index in [-0.39, 0.29) is 72.6 Å². The van der Waals surface area contributed by atoms with Crippen LogP contribution in [0.3, 0.4) is 0 Å². The van der Waals surface area contributed by atoms with Crippen LogP contribution in [-0.4, -0.2) is 108 Å². The minimum absolute atomic E-state index is 0. The molecule has 0 amide bonds. The summed E-state index contributed by atoms with van der Waals surface area (Å²) in [5, 5.41) is 42.2. The van der Waals surface area contributed by atoms with Gasteiger partial charge in [-0.25, -0.2) is 0 Å². The van der Waals surface area contributed by atoms with Gasteiger partial charge in [-0.1, -0.05) is 0 Å². The van der Waals surface area contributed by atoms with E-state index in [1.54, 1.807) is 0 Å². The largest absolute Gasteiger partial charge is 0.545 e. The molecule has 16 nitrogen and oxygen atoms in total. The zero-order valence-electron chi connectivity index (χ0n) is 30.0. The predicted molar refractivity (Wildman–Crippen MR) is 181 cm³/mol. The average Bonchev–Trinajstić information content (AvgIpc) is 3.16. The number of hydrogen-bond donors (Lipinski definition) is 0. The van der Waals surface area contributed by atoms with Crippen molar-refractivity contribution in [3.63, 3.8) is 0 Å². The average molecular weight is 932 g/mol. The van der Waals surface area contributed by atoms with Crippen LogP contribution in [0.2, 0.25) is 0 Å². The summed E-state index contributed by atoms with van der Waals surface area (Å²) in [5.41, 5.74) is 0.0678. The number of carboxylic acids is 4. The maximum Gasteiger partial charge on any atom is 0.131 e. The Labute approximate surface area is 325 Å². The van der Waals surface area contributed by atoms with Gasteiger partial charge in [0.1, 0.15) is 46.0 Å². The molecular weight excluding hydrogens is 896 g/mol. The van der Waals surface area contributed by atoms with Gasteiger partial charge in [0.05, 0.1) is 80.8 Å². The van der Waals surface area contributed by atoms with Crippen LogP contribution in [0, 0.1) is 0 Å². The topological polar surface area (TPSA) is 234 Å².